The molecule has 1 atom stereocenters. The summed E-state index contributed by atoms with van der Waals surface area (Å²) in [7, 11) is 2.00. The number of hydrogen-bond donors (Lipinski definition) is 0. The first-order valence-corrected chi connectivity index (χ1v) is 9.89. The van der Waals surface area contributed by atoms with E-state index in [-0.39, 0.29) is 0 Å². The van der Waals surface area contributed by atoms with E-state index in [0.29, 0.717) is 22.3 Å². The smallest absolute Gasteiger partial charge is 0.271 e. The van der Waals surface area contributed by atoms with E-state index < -0.39 is 11.3 Å². The molecule has 0 fully saturated rings. The van der Waals surface area contributed by atoms with E-state index in [0.717, 1.165) is 37.4 Å². The first-order valence-electron chi connectivity index (χ1n) is 9.89. The number of alkyl halides is 2. The third-order valence-electron chi connectivity index (χ3n) is 5.65. The largest absolute Gasteiger partial charge is 0.380 e. The number of rotatable bonds is 7. The summed E-state index contributed by atoms with van der Waals surface area (Å²) in [6, 6.07) is 14.3. The van der Waals surface area contributed by atoms with Crippen LogP contribution in [0.3, 0.4) is 0 Å². The lowest BCUT2D eigenvalue weighted by atomic mass is 9.74. The minimum Gasteiger partial charge on any atom is -0.380 e. The Kier molecular flexibility index (Phi) is 5.61. The molecule has 29 heavy (non-hydrogen) atoms. The van der Waals surface area contributed by atoms with Crippen molar-refractivity contribution in [3.8, 4) is 17.2 Å². The van der Waals surface area contributed by atoms with Gasteiger partial charge in [0.25, 0.3) is 5.92 Å². The van der Waals surface area contributed by atoms with Gasteiger partial charge in [-0.15, -0.1) is 0 Å². The van der Waals surface area contributed by atoms with Gasteiger partial charge in [-0.25, -0.2) is 8.78 Å². The highest BCUT2D eigenvalue weighted by molar-refractivity contribution is 5.93. The molecule has 0 saturated heterocycles. The summed E-state index contributed by atoms with van der Waals surface area (Å²) in [5, 5.41) is 10.0. The maximum absolute atomic E-state index is 14.9. The molecule has 1 aliphatic rings. The minimum atomic E-state index is -3.24. The van der Waals surface area contributed by atoms with Gasteiger partial charge in [0.1, 0.15) is 0 Å². The summed E-state index contributed by atoms with van der Waals surface area (Å²) in [5.74, 6) is -3.24. The van der Waals surface area contributed by atoms with Crippen LogP contribution in [0.5, 0.6) is 0 Å². The topological polar surface area (TPSA) is 27.0 Å². The SMILES string of the molecule is C=C/C(=C\N(C)CCCC)c1cccc2c1-c1ccccc1C2(C#N)C(C)(F)F. The van der Waals surface area contributed by atoms with E-state index in [9.17, 15) is 14.0 Å². The van der Waals surface area contributed by atoms with Crippen LogP contribution in [0.4, 0.5) is 8.78 Å². The standard InChI is InChI=1S/C25H26F2N2/c1-5-7-15-29(4)16-18(6-2)19-12-10-14-22-23(19)20-11-8-9-13-21(20)25(22,17-28)24(3,26)27/h6,8-14,16H,2,5,7,15H2,1,3-4H3/b18-16+. The number of unbranched alkanes of at least 4 members (excludes halogenated alkanes) is 1. The number of halogens is 2. The van der Waals surface area contributed by atoms with Gasteiger partial charge >= 0.3 is 0 Å². The number of hydrogen-bond acceptors (Lipinski definition) is 2. The molecule has 0 radical (unpaired) electrons. The average Bonchev–Trinajstić information content (AvgIpc) is 3.01. The zero-order chi connectivity index (χ0) is 21.2. The van der Waals surface area contributed by atoms with E-state index in [4.69, 9.17) is 0 Å². The molecule has 1 unspecified atom stereocenters. The Bertz CT molecular complexity index is 995. The molecule has 4 heteroatoms. The lowest BCUT2D eigenvalue weighted by Gasteiger charge is -2.30. The number of fused-ring (bicyclic) bond motifs is 3. The number of nitrogens with zero attached hydrogens (tertiary/aromatic N) is 2. The van der Waals surface area contributed by atoms with Gasteiger partial charge in [-0.1, -0.05) is 68.5 Å². The number of nitriles is 1. The monoisotopic (exact) mass is 392 g/mol. The molecule has 150 valence electrons. The molecule has 0 N–H and O–H groups in total. The molecule has 2 aromatic carbocycles. The van der Waals surface area contributed by atoms with Crippen molar-refractivity contribution in [1.82, 2.24) is 4.90 Å². The van der Waals surface area contributed by atoms with Crippen LogP contribution < -0.4 is 0 Å². The Morgan fingerprint density at radius 1 is 1.21 bits per heavy atom. The molecule has 0 aromatic heterocycles. The third kappa shape index (κ3) is 3.25. The zero-order valence-electron chi connectivity index (χ0n) is 17.2. The van der Waals surface area contributed by atoms with Crippen LogP contribution in [0.1, 0.15) is 43.4 Å². The van der Waals surface area contributed by atoms with Crippen LogP contribution in [0.25, 0.3) is 16.7 Å². The second kappa shape index (κ2) is 7.83. The minimum absolute atomic E-state index is 0.357. The molecule has 1 aliphatic carbocycles. The Morgan fingerprint density at radius 3 is 2.52 bits per heavy atom. The summed E-state index contributed by atoms with van der Waals surface area (Å²) >= 11 is 0. The van der Waals surface area contributed by atoms with Crippen molar-refractivity contribution in [1.29, 1.82) is 5.26 Å². The van der Waals surface area contributed by atoms with E-state index in [1.54, 1.807) is 30.3 Å². The Balaban J connectivity index is 2.29. The van der Waals surface area contributed by atoms with Crippen molar-refractivity contribution in [2.24, 2.45) is 0 Å². The molecule has 0 saturated carbocycles. The van der Waals surface area contributed by atoms with Crippen LogP contribution in [-0.4, -0.2) is 24.4 Å². The van der Waals surface area contributed by atoms with Crippen molar-refractivity contribution < 1.29 is 8.78 Å². The van der Waals surface area contributed by atoms with E-state index in [1.807, 2.05) is 37.5 Å². The van der Waals surface area contributed by atoms with Gasteiger partial charge in [-0.2, -0.15) is 5.26 Å². The Hall–Kier alpha value is -2.93. The van der Waals surface area contributed by atoms with Gasteiger partial charge in [0, 0.05) is 26.7 Å². The summed E-state index contributed by atoms with van der Waals surface area (Å²) < 4.78 is 29.9. The summed E-state index contributed by atoms with van der Waals surface area (Å²) in [6.45, 7) is 7.82. The maximum atomic E-state index is 14.9. The van der Waals surface area contributed by atoms with E-state index >= 15 is 0 Å². The van der Waals surface area contributed by atoms with Crippen molar-refractivity contribution >= 4 is 5.57 Å². The Morgan fingerprint density at radius 2 is 1.90 bits per heavy atom. The van der Waals surface area contributed by atoms with Crippen molar-refractivity contribution in [2.75, 3.05) is 13.6 Å². The van der Waals surface area contributed by atoms with Crippen LogP contribution in [0.15, 0.2) is 61.3 Å². The van der Waals surface area contributed by atoms with Crippen LogP contribution in [-0.2, 0) is 5.41 Å². The number of benzene rings is 2. The molecule has 0 spiro atoms. The highest BCUT2D eigenvalue weighted by atomic mass is 19.3. The van der Waals surface area contributed by atoms with Crippen molar-refractivity contribution in [3.63, 3.8) is 0 Å². The first kappa shape index (κ1) is 20.8. The van der Waals surface area contributed by atoms with Gasteiger partial charge in [0.05, 0.1) is 6.07 Å². The van der Waals surface area contributed by atoms with Gasteiger partial charge in [0.2, 0.25) is 0 Å². The summed E-state index contributed by atoms with van der Waals surface area (Å²) in [5.41, 5.74) is 1.76. The highest BCUT2D eigenvalue weighted by Crippen LogP contribution is 2.57. The predicted octanol–water partition coefficient (Wildman–Crippen LogP) is 6.39. The summed E-state index contributed by atoms with van der Waals surface area (Å²) in [4.78, 5) is 2.09. The molecule has 2 aromatic rings. The number of allylic oxidation sites excluding steroid dienone is 2. The van der Waals surface area contributed by atoms with E-state index in [1.165, 1.54) is 0 Å². The van der Waals surface area contributed by atoms with Gasteiger partial charge in [0.15, 0.2) is 5.41 Å². The first-order chi connectivity index (χ1) is 13.8. The van der Waals surface area contributed by atoms with Crippen molar-refractivity contribution in [2.45, 2.75) is 38.0 Å². The van der Waals surface area contributed by atoms with Gasteiger partial charge in [-0.05, 0) is 39.8 Å². The highest BCUT2D eigenvalue weighted by Gasteiger charge is 2.58. The average molecular weight is 392 g/mol. The van der Waals surface area contributed by atoms with Crippen LogP contribution in [0, 0.1) is 11.3 Å². The Labute approximate surface area is 171 Å². The molecule has 0 bridgehead atoms. The molecule has 0 aliphatic heterocycles. The quantitative estimate of drug-likeness (QED) is 0.511. The van der Waals surface area contributed by atoms with E-state index in [2.05, 4.69) is 18.4 Å². The van der Waals surface area contributed by atoms with Crippen LogP contribution >= 0.6 is 0 Å². The van der Waals surface area contributed by atoms with Crippen molar-refractivity contribution in [3.05, 3.63) is 78.0 Å². The predicted molar refractivity (Wildman–Crippen MR) is 115 cm³/mol. The van der Waals surface area contributed by atoms with Crippen LogP contribution in [0.2, 0.25) is 0 Å². The fourth-order valence-corrected chi connectivity index (χ4v) is 4.20. The van der Waals surface area contributed by atoms with Gasteiger partial charge in [-0.3, -0.25) is 0 Å². The second-order valence-corrected chi connectivity index (χ2v) is 7.65. The van der Waals surface area contributed by atoms with Gasteiger partial charge < -0.3 is 4.90 Å². The fraction of sp³-hybridized carbons (Fsp3) is 0.320. The fourth-order valence-electron chi connectivity index (χ4n) is 4.20. The molecule has 2 nitrogen and oxygen atoms in total. The normalized spacial score (nSPS) is 18.0. The lowest BCUT2D eigenvalue weighted by molar-refractivity contribution is -0.0208. The maximum Gasteiger partial charge on any atom is 0.271 e. The molecular weight excluding hydrogens is 366 g/mol. The molecule has 0 amide bonds. The third-order valence-corrected chi connectivity index (χ3v) is 5.65. The zero-order valence-corrected chi connectivity index (χ0v) is 17.2. The second-order valence-electron chi connectivity index (χ2n) is 7.65. The summed E-state index contributed by atoms with van der Waals surface area (Å²) in [6.07, 6.45) is 5.90. The lowest BCUT2D eigenvalue weighted by Crippen LogP contribution is -2.41. The molecule has 3 rings (SSSR count). The molecular formula is C25H26F2N2. The molecule has 0 heterocycles.